The molecule has 4 nitrogen and oxygen atoms in total. The Hall–Kier alpha value is -2.63. The number of nitrogens with two attached hydrogens (primary N) is 1. The number of carbonyl (C=O) groups is 2. The molecule has 0 saturated carbocycles. The van der Waals surface area contributed by atoms with Crippen LogP contribution >= 0.6 is 22.9 Å². The Labute approximate surface area is 172 Å². The van der Waals surface area contributed by atoms with Gasteiger partial charge in [0.1, 0.15) is 0 Å². The molecule has 2 aromatic carbocycles. The molecular formula is C22H19ClN2O2S. The van der Waals surface area contributed by atoms with Crippen molar-refractivity contribution in [2.45, 2.75) is 24.8 Å². The lowest BCUT2D eigenvalue weighted by Gasteiger charge is -2.32. The Balaban J connectivity index is 1.71. The molecule has 2 amide bonds. The van der Waals surface area contributed by atoms with Gasteiger partial charge >= 0.3 is 0 Å². The highest BCUT2D eigenvalue weighted by atomic mass is 35.5. The standard InChI is InChI=1S/C22H19ClN2O2S/c23-18-6-5-15-7-9-22(19(15)11-18,25-21(27)17-8-10-28-13-17)12-14-1-3-16(4-2-14)20(24)26/h1-6,8,10-11,13H,7,9,12H2,(H2,24,26)(H,25,27)/t22-/m1/s1. The normalized spacial score (nSPS) is 17.9. The fourth-order valence-electron chi connectivity index (χ4n) is 3.87. The van der Waals surface area contributed by atoms with Crippen molar-refractivity contribution in [3.05, 3.63) is 92.1 Å². The molecule has 1 atom stereocenters. The highest BCUT2D eigenvalue weighted by molar-refractivity contribution is 7.08. The predicted molar refractivity (Wildman–Crippen MR) is 112 cm³/mol. The minimum atomic E-state index is -0.548. The van der Waals surface area contributed by atoms with Gasteiger partial charge in [-0.25, -0.2) is 0 Å². The van der Waals surface area contributed by atoms with Gasteiger partial charge in [0.25, 0.3) is 5.91 Å². The van der Waals surface area contributed by atoms with Crippen molar-refractivity contribution >= 4 is 34.8 Å². The van der Waals surface area contributed by atoms with Crippen molar-refractivity contribution in [2.24, 2.45) is 5.73 Å². The third-order valence-corrected chi connectivity index (χ3v) is 6.21. The van der Waals surface area contributed by atoms with E-state index in [1.807, 2.05) is 47.2 Å². The molecule has 0 unspecified atom stereocenters. The fraction of sp³-hybridized carbons (Fsp3) is 0.182. The van der Waals surface area contributed by atoms with Gasteiger partial charge in [-0.05, 0) is 71.7 Å². The smallest absolute Gasteiger partial charge is 0.252 e. The Morgan fingerprint density at radius 1 is 1.11 bits per heavy atom. The third kappa shape index (κ3) is 3.55. The van der Waals surface area contributed by atoms with Gasteiger partial charge in [0.2, 0.25) is 5.91 Å². The average molecular weight is 411 g/mol. The van der Waals surface area contributed by atoms with Gasteiger partial charge in [-0.3, -0.25) is 9.59 Å². The summed E-state index contributed by atoms with van der Waals surface area (Å²) in [5.41, 5.74) is 9.19. The molecule has 0 saturated heterocycles. The number of primary amides is 1. The summed E-state index contributed by atoms with van der Waals surface area (Å²) < 4.78 is 0. The van der Waals surface area contributed by atoms with Crippen LogP contribution in [-0.2, 0) is 18.4 Å². The quantitative estimate of drug-likeness (QED) is 0.657. The predicted octanol–water partition coefficient (Wildman–Crippen LogP) is 4.31. The fourth-order valence-corrected chi connectivity index (χ4v) is 4.68. The second kappa shape index (κ2) is 7.41. The molecule has 1 heterocycles. The number of hydrogen-bond donors (Lipinski definition) is 2. The van der Waals surface area contributed by atoms with E-state index in [9.17, 15) is 9.59 Å². The SMILES string of the molecule is NC(=O)c1ccc(C[C@]2(NC(=O)c3ccsc3)CCc3ccc(Cl)cc32)cc1. The van der Waals surface area contributed by atoms with Gasteiger partial charge in [0.15, 0.2) is 0 Å². The highest BCUT2D eigenvalue weighted by Gasteiger charge is 2.40. The minimum Gasteiger partial charge on any atom is -0.366 e. The van der Waals surface area contributed by atoms with Gasteiger partial charge in [-0.2, -0.15) is 11.3 Å². The van der Waals surface area contributed by atoms with E-state index in [0.29, 0.717) is 22.6 Å². The lowest BCUT2D eigenvalue weighted by molar-refractivity contribution is 0.0895. The van der Waals surface area contributed by atoms with Crippen molar-refractivity contribution in [1.29, 1.82) is 0 Å². The Kier molecular flexibility index (Phi) is 4.96. The molecule has 4 rings (SSSR count). The summed E-state index contributed by atoms with van der Waals surface area (Å²) in [5, 5.41) is 7.67. The van der Waals surface area contributed by atoms with E-state index < -0.39 is 11.4 Å². The third-order valence-electron chi connectivity index (χ3n) is 5.29. The van der Waals surface area contributed by atoms with Crippen molar-refractivity contribution in [2.75, 3.05) is 0 Å². The van der Waals surface area contributed by atoms with Crippen LogP contribution in [0.4, 0.5) is 0 Å². The number of halogens is 1. The van der Waals surface area contributed by atoms with Crippen molar-refractivity contribution < 1.29 is 9.59 Å². The maximum Gasteiger partial charge on any atom is 0.252 e. The molecule has 1 aliphatic carbocycles. The first-order valence-electron chi connectivity index (χ1n) is 8.99. The van der Waals surface area contributed by atoms with Crippen LogP contribution in [0.1, 0.15) is 43.8 Å². The molecule has 28 heavy (non-hydrogen) atoms. The molecule has 0 spiro atoms. The zero-order valence-corrected chi connectivity index (χ0v) is 16.6. The van der Waals surface area contributed by atoms with Gasteiger partial charge < -0.3 is 11.1 Å². The van der Waals surface area contributed by atoms with Crippen molar-refractivity contribution in [3.8, 4) is 0 Å². The summed E-state index contributed by atoms with van der Waals surface area (Å²) >= 11 is 7.78. The molecule has 3 aromatic rings. The minimum absolute atomic E-state index is 0.0946. The number of nitrogens with one attached hydrogen (secondary N) is 1. The summed E-state index contributed by atoms with van der Waals surface area (Å²) in [4.78, 5) is 24.2. The Morgan fingerprint density at radius 2 is 1.89 bits per heavy atom. The van der Waals surface area contributed by atoms with Gasteiger partial charge in [-0.15, -0.1) is 0 Å². The maximum absolute atomic E-state index is 12.9. The van der Waals surface area contributed by atoms with Gasteiger partial charge in [0, 0.05) is 16.0 Å². The van der Waals surface area contributed by atoms with E-state index in [-0.39, 0.29) is 5.91 Å². The van der Waals surface area contributed by atoms with Crippen LogP contribution in [-0.4, -0.2) is 11.8 Å². The number of thiophene rings is 1. The number of amides is 2. The van der Waals surface area contributed by atoms with Crippen LogP contribution in [0.5, 0.6) is 0 Å². The van der Waals surface area contributed by atoms with E-state index in [2.05, 4.69) is 5.32 Å². The molecule has 0 radical (unpaired) electrons. The lowest BCUT2D eigenvalue weighted by Crippen LogP contribution is -2.46. The molecule has 1 aliphatic rings. The first kappa shape index (κ1) is 18.7. The summed E-state index contributed by atoms with van der Waals surface area (Å²) in [6.07, 6.45) is 2.27. The second-order valence-electron chi connectivity index (χ2n) is 7.09. The molecule has 142 valence electrons. The Morgan fingerprint density at radius 3 is 2.57 bits per heavy atom. The van der Waals surface area contributed by atoms with E-state index in [1.165, 1.54) is 16.9 Å². The molecule has 0 bridgehead atoms. The van der Waals surface area contributed by atoms with Crippen LogP contribution < -0.4 is 11.1 Å². The first-order valence-corrected chi connectivity index (χ1v) is 10.3. The van der Waals surface area contributed by atoms with E-state index in [0.717, 1.165) is 24.0 Å². The largest absolute Gasteiger partial charge is 0.366 e. The molecule has 0 aliphatic heterocycles. The first-order chi connectivity index (χ1) is 13.5. The van der Waals surface area contributed by atoms with E-state index in [1.54, 1.807) is 12.1 Å². The summed E-state index contributed by atoms with van der Waals surface area (Å²) in [6, 6.07) is 14.9. The second-order valence-corrected chi connectivity index (χ2v) is 8.30. The number of aryl methyl sites for hydroxylation is 1. The van der Waals surface area contributed by atoms with Crippen LogP contribution in [0, 0.1) is 0 Å². The molecule has 1 aromatic heterocycles. The van der Waals surface area contributed by atoms with Crippen LogP contribution in [0.3, 0.4) is 0 Å². The van der Waals surface area contributed by atoms with E-state index >= 15 is 0 Å². The van der Waals surface area contributed by atoms with Crippen LogP contribution in [0.25, 0.3) is 0 Å². The van der Waals surface area contributed by atoms with Crippen molar-refractivity contribution in [3.63, 3.8) is 0 Å². The van der Waals surface area contributed by atoms with Gasteiger partial charge in [-0.1, -0.05) is 29.8 Å². The average Bonchev–Trinajstić information content (AvgIpc) is 3.32. The van der Waals surface area contributed by atoms with Crippen LogP contribution in [0.15, 0.2) is 59.3 Å². The van der Waals surface area contributed by atoms with Gasteiger partial charge in [0.05, 0.1) is 11.1 Å². The zero-order valence-electron chi connectivity index (χ0n) is 15.1. The molecule has 6 heteroatoms. The molecule has 3 N–H and O–H groups in total. The number of hydrogen-bond acceptors (Lipinski definition) is 3. The summed E-state index contributed by atoms with van der Waals surface area (Å²) in [7, 11) is 0. The summed E-state index contributed by atoms with van der Waals surface area (Å²) in [6.45, 7) is 0. The lowest BCUT2D eigenvalue weighted by atomic mass is 9.84. The topological polar surface area (TPSA) is 72.2 Å². The van der Waals surface area contributed by atoms with Crippen LogP contribution in [0.2, 0.25) is 5.02 Å². The number of carbonyl (C=O) groups excluding carboxylic acids is 2. The highest BCUT2D eigenvalue weighted by Crippen LogP contribution is 2.41. The summed E-state index contributed by atoms with van der Waals surface area (Å²) in [5.74, 6) is -0.548. The zero-order chi connectivity index (χ0) is 19.7. The monoisotopic (exact) mass is 410 g/mol. The number of benzene rings is 2. The molecule has 0 fully saturated rings. The van der Waals surface area contributed by atoms with Crippen molar-refractivity contribution in [1.82, 2.24) is 5.32 Å². The Bertz CT molecular complexity index is 1030. The molecular weight excluding hydrogens is 392 g/mol. The van der Waals surface area contributed by atoms with E-state index in [4.69, 9.17) is 17.3 Å². The number of rotatable bonds is 5. The maximum atomic E-state index is 12.9. The number of fused-ring (bicyclic) bond motifs is 1.